The summed E-state index contributed by atoms with van der Waals surface area (Å²) in [6.45, 7) is 6.44. The quantitative estimate of drug-likeness (QED) is 0.508. The number of nitrogens with one attached hydrogen (secondary N) is 2. The lowest BCUT2D eigenvalue weighted by Gasteiger charge is -2.27. The number of carbonyl (C=O) groups is 1. The Bertz CT molecular complexity index is 974. The van der Waals surface area contributed by atoms with Gasteiger partial charge in [-0.05, 0) is 60.1 Å². The Balaban J connectivity index is 1.59. The minimum atomic E-state index is -0.685. The van der Waals surface area contributed by atoms with Gasteiger partial charge in [-0.3, -0.25) is 4.79 Å². The van der Waals surface area contributed by atoms with E-state index >= 15 is 0 Å². The van der Waals surface area contributed by atoms with E-state index in [1.807, 2.05) is 12.1 Å². The van der Waals surface area contributed by atoms with Crippen molar-refractivity contribution in [3.05, 3.63) is 47.0 Å². The molecule has 1 aliphatic carbocycles. The predicted molar refractivity (Wildman–Crippen MR) is 112 cm³/mol. The largest absolute Gasteiger partial charge is 0.504 e. The molecule has 1 saturated carbocycles. The van der Waals surface area contributed by atoms with Gasteiger partial charge in [0.1, 0.15) is 0 Å². The maximum Gasteiger partial charge on any atom is 0.235 e. The zero-order valence-electron chi connectivity index (χ0n) is 17.0. The van der Waals surface area contributed by atoms with Crippen molar-refractivity contribution < 1.29 is 20.1 Å². The molecule has 0 bridgehead atoms. The molecule has 0 radical (unpaired) electrons. The van der Waals surface area contributed by atoms with Crippen LogP contribution < -0.4 is 10.6 Å². The van der Waals surface area contributed by atoms with E-state index < -0.39 is 5.41 Å². The van der Waals surface area contributed by atoms with Crippen molar-refractivity contribution >= 4 is 17.3 Å². The molecule has 6 heteroatoms. The first-order valence-corrected chi connectivity index (χ1v) is 10.0. The van der Waals surface area contributed by atoms with Gasteiger partial charge in [0.15, 0.2) is 11.5 Å². The molecule has 29 heavy (non-hydrogen) atoms. The summed E-state index contributed by atoms with van der Waals surface area (Å²) >= 11 is 0. The molecule has 0 spiro atoms. The lowest BCUT2D eigenvalue weighted by Crippen LogP contribution is -2.31. The second-order valence-corrected chi connectivity index (χ2v) is 9.33. The lowest BCUT2D eigenvalue weighted by molar-refractivity contribution is -0.118. The summed E-state index contributed by atoms with van der Waals surface area (Å²) in [4.78, 5) is 13.1. The van der Waals surface area contributed by atoms with Crippen molar-refractivity contribution in [2.75, 3.05) is 10.6 Å². The van der Waals surface area contributed by atoms with Crippen molar-refractivity contribution in [1.29, 1.82) is 0 Å². The van der Waals surface area contributed by atoms with Crippen LogP contribution in [0.4, 0.5) is 11.4 Å². The normalized spacial score (nSPS) is 19.4. The van der Waals surface area contributed by atoms with Crippen molar-refractivity contribution in [3.63, 3.8) is 0 Å². The molecule has 154 valence electrons. The molecule has 2 aromatic rings. The first-order chi connectivity index (χ1) is 13.6. The number of amides is 1. The summed E-state index contributed by atoms with van der Waals surface area (Å²) in [5.74, 6) is -0.553. The van der Waals surface area contributed by atoms with E-state index in [4.69, 9.17) is 0 Å². The summed E-state index contributed by atoms with van der Waals surface area (Å²) in [6, 6.07) is 8.62. The zero-order chi connectivity index (χ0) is 21.0. The first-order valence-electron chi connectivity index (χ1n) is 10.0. The second kappa shape index (κ2) is 6.66. The minimum absolute atomic E-state index is 0.0775. The van der Waals surface area contributed by atoms with Crippen LogP contribution in [0.15, 0.2) is 30.3 Å². The fourth-order valence-corrected chi connectivity index (χ4v) is 4.12. The molecule has 2 aliphatic rings. The molecular formula is C23H28N2O4. The average molecular weight is 396 g/mol. The van der Waals surface area contributed by atoms with Gasteiger partial charge < -0.3 is 26.0 Å². The van der Waals surface area contributed by atoms with E-state index in [1.54, 1.807) is 6.07 Å². The summed E-state index contributed by atoms with van der Waals surface area (Å²) in [6.07, 6.45) is 2.22. The third-order valence-electron chi connectivity index (χ3n) is 6.23. The monoisotopic (exact) mass is 396 g/mol. The van der Waals surface area contributed by atoms with Gasteiger partial charge in [0, 0.05) is 23.0 Å². The van der Waals surface area contributed by atoms with Gasteiger partial charge in [-0.2, -0.15) is 0 Å². The van der Waals surface area contributed by atoms with Crippen LogP contribution in [0.25, 0.3) is 0 Å². The fourth-order valence-electron chi connectivity index (χ4n) is 4.12. The maximum absolute atomic E-state index is 13.1. The van der Waals surface area contributed by atoms with Crippen LogP contribution in [0.1, 0.15) is 50.3 Å². The molecule has 1 fully saturated rings. The van der Waals surface area contributed by atoms with Gasteiger partial charge in [0.2, 0.25) is 5.91 Å². The van der Waals surface area contributed by atoms with E-state index in [0.29, 0.717) is 24.1 Å². The Kier molecular flexibility index (Phi) is 4.50. The van der Waals surface area contributed by atoms with Crippen LogP contribution >= 0.6 is 0 Å². The molecule has 2 aromatic carbocycles. The Hall–Kier alpha value is -2.73. The number of phenols is 2. The van der Waals surface area contributed by atoms with Crippen LogP contribution in [0.2, 0.25) is 0 Å². The standard InChI is InChI=1S/C23H28N2O4/c1-22(2,3)19-10-13-8-16(9-14(12-26)20(13)25-19)24-21(29)23(6-7-23)15-4-5-17(27)18(28)11-15/h4-5,8-9,11,19,25-28H,6-7,10,12H2,1-3H3,(H,24,29). The molecule has 5 N–H and O–H groups in total. The molecule has 1 aliphatic heterocycles. The molecule has 6 nitrogen and oxygen atoms in total. The molecule has 1 amide bonds. The van der Waals surface area contributed by atoms with E-state index in [0.717, 1.165) is 23.2 Å². The van der Waals surface area contributed by atoms with E-state index in [-0.39, 0.29) is 35.5 Å². The molecule has 0 saturated heterocycles. The third-order valence-corrected chi connectivity index (χ3v) is 6.23. The first kappa shape index (κ1) is 19.6. The fraction of sp³-hybridized carbons (Fsp3) is 0.435. The highest BCUT2D eigenvalue weighted by Gasteiger charge is 2.51. The zero-order valence-corrected chi connectivity index (χ0v) is 17.0. The SMILES string of the molecule is CC(C)(C)C1Cc2cc(NC(=O)C3(c4ccc(O)c(O)c4)CC3)cc(CO)c2N1. The third kappa shape index (κ3) is 3.42. The predicted octanol–water partition coefficient (Wildman–Crippen LogP) is 3.64. The van der Waals surface area contributed by atoms with E-state index in [9.17, 15) is 20.1 Å². The van der Waals surface area contributed by atoms with Crippen molar-refractivity contribution in [2.24, 2.45) is 5.41 Å². The molecule has 1 heterocycles. The van der Waals surface area contributed by atoms with Crippen LogP contribution in [-0.4, -0.2) is 27.3 Å². The van der Waals surface area contributed by atoms with Crippen molar-refractivity contribution in [2.45, 2.75) is 58.1 Å². The van der Waals surface area contributed by atoms with Crippen LogP contribution in [-0.2, 0) is 23.2 Å². The van der Waals surface area contributed by atoms with Gasteiger partial charge >= 0.3 is 0 Å². The molecule has 1 unspecified atom stereocenters. The lowest BCUT2D eigenvalue weighted by atomic mass is 9.85. The number of carbonyl (C=O) groups excluding carboxylic acids is 1. The highest BCUT2D eigenvalue weighted by atomic mass is 16.3. The van der Waals surface area contributed by atoms with Crippen LogP contribution in [0.3, 0.4) is 0 Å². The highest BCUT2D eigenvalue weighted by Crippen LogP contribution is 2.50. The summed E-state index contributed by atoms with van der Waals surface area (Å²) in [5.41, 5.74) is 3.60. The highest BCUT2D eigenvalue weighted by molar-refractivity contribution is 6.01. The maximum atomic E-state index is 13.1. The number of phenolic OH excluding ortho intramolecular Hbond substituents is 2. The number of hydrogen-bond donors (Lipinski definition) is 5. The smallest absolute Gasteiger partial charge is 0.235 e. The van der Waals surface area contributed by atoms with Crippen molar-refractivity contribution in [1.82, 2.24) is 0 Å². The molecule has 0 aromatic heterocycles. The number of rotatable bonds is 4. The molecule has 4 rings (SSSR count). The molecule has 1 atom stereocenters. The van der Waals surface area contributed by atoms with Gasteiger partial charge in [-0.25, -0.2) is 0 Å². The van der Waals surface area contributed by atoms with E-state index in [1.165, 1.54) is 12.1 Å². The number of aliphatic hydroxyl groups excluding tert-OH is 1. The molecular weight excluding hydrogens is 368 g/mol. The number of hydrogen-bond acceptors (Lipinski definition) is 5. The Labute approximate surface area is 170 Å². The summed E-state index contributed by atoms with van der Waals surface area (Å²) < 4.78 is 0. The van der Waals surface area contributed by atoms with Gasteiger partial charge in [0.05, 0.1) is 12.0 Å². The summed E-state index contributed by atoms with van der Waals surface area (Å²) in [7, 11) is 0. The number of benzene rings is 2. The summed E-state index contributed by atoms with van der Waals surface area (Å²) in [5, 5.41) is 35.8. The van der Waals surface area contributed by atoms with Gasteiger partial charge in [-0.15, -0.1) is 0 Å². The second-order valence-electron chi connectivity index (χ2n) is 9.33. The minimum Gasteiger partial charge on any atom is -0.504 e. The number of aromatic hydroxyl groups is 2. The Morgan fingerprint density at radius 3 is 2.48 bits per heavy atom. The Morgan fingerprint density at radius 1 is 1.17 bits per heavy atom. The Morgan fingerprint density at radius 2 is 1.90 bits per heavy atom. The number of fused-ring (bicyclic) bond motifs is 1. The van der Waals surface area contributed by atoms with Crippen molar-refractivity contribution in [3.8, 4) is 11.5 Å². The van der Waals surface area contributed by atoms with Crippen LogP contribution in [0, 0.1) is 5.41 Å². The van der Waals surface area contributed by atoms with Gasteiger partial charge in [0.25, 0.3) is 0 Å². The average Bonchev–Trinajstić information content (AvgIpc) is 3.35. The van der Waals surface area contributed by atoms with Crippen LogP contribution in [0.5, 0.6) is 11.5 Å². The van der Waals surface area contributed by atoms with Gasteiger partial charge in [-0.1, -0.05) is 26.8 Å². The number of aliphatic hydroxyl groups is 1. The van der Waals surface area contributed by atoms with E-state index in [2.05, 4.69) is 31.4 Å². The topological polar surface area (TPSA) is 102 Å². The number of anilines is 2.